The van der Waals surface area contributed by atoms with Gasteiger partial charge in [-0.15, -0.1) is 0 Å². The van der Waals surface area contributed by atoms with Gasteiger partial charge in [0.2, 0.25) is 5.91 Å². The van der Waals surface area contributed by atoms with Crippen LogP contribution < -0.4 is 4.90 Å². The summed E-state index contributed by atoms with van der Waals surface area (Å²) >= 11 is 0. The molecule has 0 saturated carbocycles. The van der Waals surface area contributed by atoms with E-state index in [2.05, 4.69) is 5.10 Å². The molecule has 0 bridgehead atoms. The average molecular weight is 221 g/mol. The number of anilines is 1. The van der Waals surface area contributed by atoms with Crippen molar-refractivity contribution >= 4 is 17.5 Å². The zero-order valence-electron chi connectivity index (χ0n) is 9.73. The number of rotatable bonds is 2. The van der Waals surface area contributed by atoms with Gasteiger partial charge in [-0.2, -0.15) is 5.10 Å². The molecule has 0 aromatic carbocycles. The molecule has 0 spiro atoms. The second-order valence-corrected chi connectivity index (χ2v) is 4.38. The van der Waals surface area contributed by atoms with E-state index >= 15 is 0 Å². The highest BCUT2D eigenvalue weighted by atomic mass is 16.2. The summed E-state index contributed by atoms with van der Waals surface area (Å²) in [6, 6.07) is 2.02. The fourth-order valence-corrected chi connectivity index (χ4v) is 1.88. The molecule has 5 heteroatoms. The first-order valence-electron chi connectivity index (χ1n) is 5.37. The van der Waals surface area contributed by atoms with Crippen molar-refractivity contribution in [1.82, 2.24) is 9.78 Å². The predicted molar refractivity (Wildman–Crippen MR) is 59.3 cm³/mol. The van der Waals surface area contributed by atoms with Gasteiger partial charge in [0, 0.05) is 12.1 Å². The summed E-state index contributed by atoms with van der Waals surface area (Å²) < 4.78 is 1.78. The van der Waals surface area contributed by atoms with Gasteiger partial charge < -0.3 is 0 Å². The van der Waals surface area contributed by atoms with Crippen molar-refractivity contribution in [3.63, 3.8) is 0 Å². The summed E-state index contributed by atoms with van der Waals surface area (Å²) in [5.41, 5.74) is 0.857. The van der Waals surface area contributed by atoms with Crippen molar-refractivity contribution in [2.45, 2.75) is 33.2 Å². The highest BCUT2D eigenvalue weighted by molar-refractivity contribution is 6.14. The van der Waals surface area contributed by atoms with Gasteiger partial charge in [-0.3, -0.25) is 14.5 Å². The van der Waals surface area contributed by atoms with Crippen LogP contribution in [0.4, 0.5) is 5.82 Å². The molecule has 0 unspecified atom stereocenters. The van der Waals surface area contributed by atoms with Gasteiger partial charge in [-0.05, 0) is 20.8 Å². The maximum Gasteiger partial charge on any atom is 0.236 e. The first-order valence-corrected chi connectivity index (χ1v) is 5.37. The van der Waals surface area contributed by atoms with Crippen LogP contribution in [0.1, 0.15) is 32.0 Å². The van der Waals surface area contributed by atoms with Gasteiger partial charge >= 0.3 is 0 Å². The second-order valence-electron chi connectivity index (χ2n) is 4.38. The van der Waals surface area contributed by atoms with Crippen LogP contribution in [0, 0.1) is 6.92 Å². The molecule has 5 nitrogen and oxygen atoms in total. The van der Waals surface area contributed by atoms with Crippen LogP contribution in [0.5, 0.6) is 0 Å². The smallest absolute Gasteiger partial charge is 0.236 e. The Morgan fingerprint density at radius 2 is 2.06 bits per heavy atom. The topological polar surface area (TPSA) is 55.2 Å². The number of aryl methyl sites for hydroxylation is 1. The molecule has 16 heavy (non-hydrogen) atoms. The Bertz CT molecular complexity index is 448. The Morgan fingerprint density at radius 1 is 1.38 bits per heavy atom. The molecular formula is C11H15N3O2. The van der Waals surface area contributed by atoms with Crippen molar-refractivity contribution < 1.29 is 9.59 Å². The fourth-order valence-electron chi connectivity index (χ4n) is 1.88. The van der Waals surface area contributed by atoms with E-state index in [1.165, 1.54) is 4.90 Å². The van der Waals surface area contributed by atoms with Crippen LogP contribution in [0.3, 0.4) is 0 Å². The van der Waals surface area contributed by atoms with Gasteiger partial charge in [0.15, 0.2) is 5.78 Å². The van der Waals surface area contributed by atoms with Crippen LogP contribution in [-0.4, -0.2) is 28.0 Å². The Morgan fingerprint density at radius 3 is 2.56 bits per heavy atom. The number of carbonyl (C=O) groups is 2. The minimum Gasteiger partial charge on any atom is -0.297 e. The number of hydrogen-bond donors (Lipinski definition) is 0. The lowest BCUT2D eigenvalue weighted by molar-refractivity contribution is -0.121. The molecule has 0 atom stereocenters. The number of amides is 1. The molecule has 1 amide bonds. The van der Waals surface area contributed by atoms with Crippen LogP contribution in [0.2, 0.25) is 0 Å². The standard InChI is InChI=1S/C11H15N3O2/c1-7(2)14-10(4-8(3)12-14)13-6-9(15)5-11(13)16/h4,7H,5-6H2,1-3H3. The zero-order valence-corrected chi connectivity index (χ0v) is 9.73. The molecule has 1 fully saturated rings. The van der Waals surface area contributed by atoms with E-state index in [0.29, 0.717) is 0 Å². The first kappa shape index (κ1) is 10.9. The van der Waals surface area contributed by atoms with Crippen molar-refractivity contribution in [1.29, 1.82) is 0 Å². The number of hydrogen-bond acceptors (Lipinski definition) is 3. The molecular weight excluding hydrogens is 206 g/mol. The van der Waals surface area contributed by atoms with Gasteiger partial charge in [0.1, 0.15) is 5.82 Å². The van der Waals surface area contributed by atoms with Crippen LogP contribution in [0.15, 0.2) is 6.07 Å². The minimum absolute atomic E-state index is 0.0162. The van der Waals surface area contributed by atoms with Crippen molar-refractivity contribution in [2.75, 3.05) is 11.4 Å². The van der Waals surface area contributed by atoms with Gasteiger partial charge in [-0.1, -0.05) is 0 Å². The van der Waals surface area contributed by atoms with E-state index in [0.717, 1.165) is 11.5 Å². The summed E-state index contributed by atoms with van der Waals surface area (Å²) in [5, 5.41) is 4.33. The van der Waals surface area contributed by atoms with Gasteiger partial charge in [0.05, 0.1) is 18.7 Å². The lowest BCUT2D eigenvalue weighted by Gasteiger charge is -2.18. The summed E-state index contributed by atoms with van der Waals surface area (Å²) in [4.78, 5) is 24.4. The van der Waals surface area contributed by atoms with E-state index in [-0.39, 0.29) is 30.7 Å². The second kappa shape index (κ2) is 3.73. The van der Waals surface area contributed by atoms with Crippen molar-refractivity contribution in [3.8, 4) is 0 Å². The molecule has 1 aromatic rings. The van der Waals surface area contributed by atoms with E-state index < -0.39 is 0 Å². The summed E-state index contributed by atoms with van der Waals surface area (Å²) in [7, 11) is 0. The molecule has 0 N–H and O–H groups in total. The molecule has 1 aliphatic rings. The molecule has 2 heterocycles. The maximum atomic E-state index is 11.6. The molecule has 86 valence electrons. The largest absolute Gasteiger partial charge is 0.297 e. The lowest BCUT2D eigenvalue weighted by Crippen LogP contribution is -2.27. The van der Waals surface area contributed by atoms with E-state index in [9.17, 15) is 9.59 Å². The fraction of sp³-hybridized carbons (Fsp3) is 0.545. The first-order chi connectivity index (χ1) is 7.49. The molecule has 1 aromatic heterocycles. The third kappa shape index (κ3) is 1.73. The molecule has 0 aliphatic carbocycles. The Balaban J connectivity index is 2.40. The Kier molecular flexibility index (Phi) is 2.53. The SMILES string of the molecule is Cc1cc(N2CC(=O)CC2=O)n(C(C)C)n1. The van der Waals surface area contributed by atoms with Crippen molar-refractivity contribution in [3.05, 3.63) is 11.8 Å². The summed E-state index contributed by atoms with van der Waals surface area (Å²) in [6.07, 6.45) is 0.0162. The van der Waals surface area contributed by atoms with E-state index in [1.807, 2.05) is 26.8 Å². The molecule has 2 rings (SSSR count). The third-order valence-electron chi connectivity index (χ3n) is 2.59. The lowest BCUT2D eigenvalue weighted by atomic mass is 10.3. The predicted octanol–water partition coefficient (Wildman–Crippen LogP) is 1.08. The molecule has 1 aliphatic heterocycles. The maximum absolute atomic E-state index is 11.6. The highest BCUT2D eigenvalue weighted by Crippen LogP contribution is 2.23. The van der Waals surface area contributed by atoms with E-state index in [4.69, 9.17) is 0 Å². The molecule has 1 saturated heterocycles. The Hall–Kier alpha value is -1.65. The van der Waals surface area contributed by atoms with Crippen molar-refractivity contribution in [2.24, 2.45) is 0 Å². The van der Waals surface area contributed by atoms with Gasteiger partial charge in [-0.25, -0.2) is 4.68 Å². The summed E-state index contributed by atoms with van der Waals surface area (Å²) in [6.45, 7) is 6.05. The van der Waals surface area contributed by atoms with Crippen LogP contribution in [-0.2, 0) is 9.59 Å². The third-order valence-corrected chi connectivity index (χ3v) is 2.59. The van der Waals surface area contributed by atoms with Crippen LogP contribution >= 0.6 is 0 Å². The number of nitrogens with zero attached hydrogens (tertiary/aromatic N) is 3. The number of Topliss-reactive ketones (excluding diaryl/α,β-unsaturated/α-hetero) is 1. The summed E-state index contributed by atoms with van der Waals surface area (Å²) in [5.74, 6) is 0.564. The zero-order chi connectivity index (χ0) is 11.9. The van der Waals surface area contributed by atoms with E-state index in [1.54, 1.807) is 4.68 Å². The quantitative estimate of drug-likeness (QED) is 0.702. The highest BCUT2D eigenvalue weighted by Gasteiger charge is 2.31. The monoisotopic (exact) mass is 221 g/mol. The average Bonchev–Trinajstić information content (AvgIpc) is 2.69. The van der Waals surface area contributed by atoms with Gasteiger partial charge in [0.25, 0.3) is 0 Å². The number of ketones is 1. The molecule has 0 radical (unpaired) electrons. The number of aromatic nitrogens is 2. The van der Waals surface area contributed by atoms with Crippen LogP contribution in [0.25, 0.3) is 0 Å². The Labute approximate surface area is 94.0 Å². The normalized spacial score (nSPS) is 16.6. The minimum atomic E-state index is -0.133. The number of carbonyl (C=O) groups excluding carboxylic acids is 2.